The van der Waals surface area contributed by atoms with Crippen LogP contribution >= 0.6 is 0 Å². The van der Waals surface area contributed by atoms with Gasteiger partial charge in [0.15, 0.2) is 0 Å². The SMILES string of the molecule is FC(F)(F)c1cccc(N2CCN(C[C@H]3C[C@@H]4C=C[C@H]3C4)CC2)c1. The molecule has 4 rings (SSSR count). The molecule has 1 aromatic carbocycles. The first-order chi connectivity index (χ1) is 11.5. The highest BCUT2D eigenvalue weighted by Gasteiger charge is 2.37. The molecule has 0 radical (unpaired) electrons. The van der Waals surface area contributed by atoms with Gasteiger partial charge in [-0.05, 0) is 48.8 Å². The minimum absolute atomic E-state index is 0.559. The van der Waals surface area contributed by atoms with Gasteiger partial charge in [0.05, 0.1) is 5.56 Å². The summed E-state index contributed by atoms with van der Waals surface area (Å²) in [4.78, 5) is 4.57. The largest absolute Gasteiger partial charge is 0.416 e. The average Bonchev–Trinajstić information content (AvgIpc) is 3.18. The zero-order valence-corrected chi connectivity index (χ0v) is 13.7. The Hall–Kier alpha value is -1.49. The quantitative estimate of drug-likeness (QED) is 0.769. The van der Waals surface area contributed by atoms with Crippen molar-refractivity contribution in [2.45, 2.75) is 19.0 Å². The molecule has 130 valence electrons. The van der Waals surface area contributed by atoms with E-state index >= 15 is 0 Å². The van der Waals surface area contributed by atoms with Gasteiger partial charge >= 0.3 is 6.18 Å². The normalized spacial score (nSPS) is 30.3. The molecule has 24 heavy (non-hydrogen) atoms. The van der Waals surface area contributed by atoms with Gasteiger partial charge in [-0.15, -0.1) is 0 Å². The highest BCUT2D eigenvalue weighted by atomic mass is 19.4. The van der Waals surface area contributed by atoms with Crippen molar-refractivity contribution < 1.29 is 13.2 Å². The van der Waals surface area contributed by atoms with Crippen LogP contribution in [0.4, 0.5) is 18.9 Å². The fraction of sp³-hybridized carbons (Fsp3) is 0.579. The Balaban J connectivity index is 1.34. The van der Waals surface area contributed by atoms with E-state index in [1.54, 1.807) is 6.07 Å². The first-order valence-electron chi connectivity index (χ1n) is 8.82. The Morgan fingerprint density at radius 1 is 1.00 bits per heavy atom. The molecule has 2 aliphatic carbocycles. The summed E-state index contributed by atoms with van der Waals surface area (Å²) in [6, 6.07) is 5.70. The Labute approximate surface area is 140 Å². The van der Waals surface area contributed by atoms with E-state index in [2.05, 4.69) is 22.0 Å². The average molecular weight is 336 g/mol. The van der Waals surface area contributed by atoms with E-state index in [0.29, 0.717) is 5.69 Å². The van der Waals surface area contributed by atoms with Gasteiger partial charge in [0.25, 0.3) is 0 Å². The van der Waals surface area contributed by atoms with Crippen molar-refractivity contribution in [1.29, 1.82) is 0 Å². The zero-order valence-electron chi connectivity index (χ0n) is 13.7. The van der Waals surface area contributed by atoms with Crippen molar-refractivity contribution in [3.05, 3.63) is 42.0 Å². The Bertz CT molecular complexity index is 617. The van der Waals surface area contributed by atoms with Crippen molar-refractivity contribution in [1.82, 2.24) is 4.90 Å². The van der Waals surface area contributed by atoms with E-state index in [4.69, 9.17) is 0 Å². The van der Waals surface area contributed by atoms with Crippen molar-refractivity contribution in [2.24, 2.45) is 17.8 Å². The van der Waals surface area contributed by atoms with Gasteiger partial charge in [-0.3, -0.25) is 4.90 Å². The van der Waals surface area contributed by atoms with Crippen molar-refractivity contribution in [3.8, 4) is 0 Å². The Morgan fingerprint density at radius 3 is 2.42 bits per heavy atom. The number of benzene rings is 1. The maximum Gasteiger partial charge on any atom is 0.416 e. The lowest BCUT2D eigenvalue weighted by Crippen LogP contribution is -2.48. The third-order valence-electron chi connectivity index (χ3n) is 5.82. The summed E-state index contributed by atoms with van der Waals surface area (Å²) in [5, 5.41) is 0. The second-order valence-corrected chi connectivity index (χ2v) is 7.38. The summed E-state index contributed by atoms with van der Waals surface area (Å²) in [6.07, 6.45) is 3.13. The van der Waals surface area contributed by atoms with E-state index in [1.165, 1.54) is 25.0 Å². The van der Waals surface area contributed by atoms with Crippen LogP contribution < -0.4 is 4.90 Å². The third kappa shape index (κ3) is 3.18. The first-order valence-corrected chi connectivity index (χ1v) is 8.82. The van der Waals surface area contributed by atoms with Gasteiger partial charge in [0, 0.05) is 38.4 Å². The van der Waals surface area contributed by atoms with E-state index < -0.39 is 11.7 Å². The lowest BCUT2D eigenvalue weighted by Gasteiger charge is -2.38. The van der Waals surface area contributed by atoms with Crippen molar-refractivity contribution >= 4 is 5.69 Å². The molecule has 3 aliphatic rings. The molecule has 1 aromatic rings. The second kappa shape index (κ2) is 6.10. The highest BCUT2D eigenvalue weighted by Crippen LogP contribution is 2.43. The molecule has 0 amide bonds. The van der Waals surface area contributed by atoms with Gasteiger partial charge in [-0.2, -0.15) is 13.2 Å². The second-order valence-electron chi connectivity index (χ2n) is 7.38. The third-order valence-corrected chi connectivity index (χ3v) is 5.82. The topological polar surface area (TPSA) is 6.48 Å². The number of halogens is 3. The lowest BCUT2D eigenvalue weighted by atomic mass is 9.93. The van der Waals surface area contributed by atoms with Crippen LogP contribution in [0.3, 0.4) is 0 Å². The Kier molecular flexibility index (Phi) is 4.07. The maximum atomic E-state index is 12.9. The van der Waals surface area contributed by atoms with Crippen molar-refractivity contribution in [2.75, 3.05) is 37.6 Å². The van der Waals surface area contributed by atoms with Crippen LogP contribution in [-0.4, -0.2) is 37.6 Å². The number of hydrogen-bond acceptors (Lipinski definition) is 2. The van der Waals surface area contributed by atoms with E-state index in [0.717, 1.165) is 56.5 Å². The Morgan fingerprint density at radius 2 is 1.79 bits per heavy atom. The molecule has 2 fully saturated rings. The van der Waals surface area contributed by atoms with Crippen LogP contribution in [0, 0.1) is 17.8 Å². The standard InChI is InChI=1S/C19H23F3N2/c20-19(21,22)17-2-1-3-18(12-17)24-8-6-23(7-9-24)13-16-11-14-4-5-15(16)10-14/h1-5,12,14-16H,6-11,13H2/t14-,15+,16-/m1/s1. The predicted octanol–water partition coefficient (Wildman–Crippen LogP) is 4.04. The minimum atomic E-state index is -4.27. The van der Waals surface area contributed by atoms with E-state index in [9.17, 15) is 13.2 Å². The molecule has 1 saturated carbocycles. The van der Waals surface area contributed by atoms with Gasteiger partial charge < -0.3 is 4.90 Å². The van der Waals surface area contributed by atoms with E-state index in [-0.39, 0.29) is 0 Å². The smallest absolute Gasteiger partial charge is 0.369 e. The number of fused-ring (bicyclic) bond motifs is 2. The summed E-state index contributed by atoms with van der Waals surface area (Å²) in [5.74, 6) is 2.34. The predicted molar refractivity (Wildman–Crippen MR) is 88.9 cm³/mol. The van der Waals surface area contributed by atoms with E-state index in [1.807, 2.05) is 0 Å². The molecular weight excluding hydrogens is 313 g/mol. The maximum absolute atomic E-state index is 12.9. The molecule has 0 unspecified atom stereocenters. The molecule has 0 N–H and O–H groups in total. The van der Waals surface area contributed by atoms with Gasteiger partial charge in [-0.25, -0.2) is 0 Å². The molecule has 2 nitrogen and oxygen atoms in total. The monoisotopic (exact) mass is 336 g/mol. The molecular formula is C19H23F3N2. The van der Waals surface area contributed by atoms with Crippen LogP contribution in [-0.2, 0) is 6.18 Å². The first kappa shape index (κ1) is 16.0. The molecule has 3 atom stereocenters. The van der Waals surface area contributed by atoms with Crippen LogP contribution in [0.1, 0.15) is 18.4 Å². The number of nitrogens with zero attached hydrogens (tertiary/aromatic N) is 2. The van der Waals surface area contributed by atoms with Crippen LogP contribution in [0.5, 0.6) is 0 Å². The number of allylic oxidation sites excluding steroid dienone is 2. The molecule has 1 aliphatic heterocycles. The number of anilines is 1. The summed E-state index contributed by atoms with van der Waals surface area (Å²) < 4.78 is 38.6. The lowest BCUT2D eigenvalue weighted by molar-refractivity contribution is -0.137. The molecule has 2 bridgehead atoms. The van der Waals surface area contributed by atoms with Crippen LogP contribution in [0.15, 0.2) is 36.4 Å². The summed E-state index contributed by atoms with van der Waals surface area (Å²) >= 11 is 0. The van der Waals surface area contributed by atoms with Crippen LogP contribution in [0.2, 0.25) is 0 Å². The van der Waals surface area contributed by atoms with Crippen LogP contribution in [0.25, 0.3) is 0 Å². The van der Waals surface area contributed by atoms with Crippen molar-refractivity contribution in [3.63, 3.8) is 0 Å². The number of alkyl halides is 3. The van der Waals surface area contributed by atoms with Gasteiger partial charge in [0.2, 0.25) is 0 Å². The molecule has 1 saturated heterocycles. The molecule has 5 heteroatoms. The fourth-order valence-electron chi connectivity index (χ4n) is 4.50. The zero-order chi connectivity index (χ0) is 16.7. The van der Waals surface area contributed by atoms with Gasteiger partial charge in [-0.1, -0.05) is 18.2 Å². The minimum Gasteiger partial charge on any atom is -0.369 e. The highest BCUT2D eigenvalue weighted by molar-refractivity contribution is 5.49. The number of rotatable bonds is 3. The molecule has 1 heterocycles. The summed E-state index contributed by atoms with van der Waals surface area (Å²) in [6.45, 7) is 4.62. The fourth-order valence-corrected chi connectivity index (χ4v) is 4.50. The summed E-state index contributed by atoms with van der Waals surface area (Å²) in [5.41, 5.74) is 0.128. The number of hydrogen-bond donors (Lipinski definition) is 0. The molecule has 0 spiro atoms. The molecule has 0 aromatic heterocycles. The van der Waals surface area contributed by atoms with Gasteiger partial charge in [0.1, 0.15) is 0 Å². The number of piperazine rings is 1. The summed E-state index contributed by atoms with van der Waals surface area (Å²) in [7, 11) is 0.